The molecule has 1 saturated heterocycles. The van der Waals surface area contributed by atoms with Gasteiger partial charge in [0.15, 0.2) is 0 Å². The monoisotopic (exact) mass is 319 g/mol. The smallest absolute Gasteiger partial charge is 0.319 e. The number of aliphatic hydroxyl groups excluding tert-OH is 1. The molecule has 2 amide bonds. The summed E-state index contributed by atoms with van der Waals surface area (Å²) in [7, 11) is 0. The van der Waals surface area contributed by atoms with Crippen molar-refractivity contribution in [3.05, 3.63) is 24.3 Å². The van der Waals surface area contributed by atoms with Crippen molar-refractivity contribution in [2.75, 3.05) is 29.9 Å². The first kappa shape index (κ1) is 17.6. The molecule has 1 fully saturated rings. The molecule has 0 saturated carbocycles. The van der Waals surface area contributed by atoms with E-state index in [1.54, 1.807) is 6.92 Å². The Labute approximate surface area is 139 Å². The van der Waals surface area contributed by atoms with E-state index >= 15 is 0 Å². The van der Waals surface area contributed by atoms with E-state index in [0.29, 0.717) is 13.0 Å². The number of carbonyl (C=O) groups is 1. The number of anilines is 2. The molecule has 0 aromatic heterocycles. The number of hydrogen-bond donors (Lipinski definition) is 3. The van der Waals surface area contributed by atoms with Gasteiger partial charge < -0.3 is 20.6 Å². The van der Waals surface area contributed by atoms with E-state index in [4.69, 9.17) is 0 Å². The molecule has 0 radical (unpaired) electrons. The van der Waals surface area contributed by atoms with Crippen molar-refractivity contribution >= 4 is 17.4 Å². The van der Waals surface area contributed by atoms with Crippen molar-refractivity contribution in [1.82, 2.24) is 5.32 Å². The second-order valence-electron chi connectivity index (χ2n) is 6.59. The van der Waals surface area contributed by atoms with Gasteiger partial charge >= 0.3 is 6.03 Å². The second kappa shape index (κ2) is 8.77. The van der Waals surface area contributed by atoms with Gasteiger partial charge in [-0.2, -0.15) is 0 Å². The Morgan fingerprint density at radius 1 is 1.22 bits per heavy atom. The summed E-state index contributed by atoms with van der Waals surface area (Å²) in [5.74, 6) is 0.248. The van der Waals surface area contributed by atoms with Crippen molar-refractivity contribution in [3.8, 4) is 0 Å². The van der Waals surface area contributed by atoms with Crippen LogP contribution in [0.1, 0.15) is 39.5 Å². The highest BCUT2D eigenvalue weighted by molar-refractivity contribution is 5.93. The van der Waals surface area contributed by atoms with E-state index in [1.165, 1.54) is 19.3 Å². The molecule has 23 heavy (non-hydrogen) atoms. The number of aliphatic hydroxyl groups is 1. The Bertz CT molecular complexity index is 499. The maximum absolute atomic E-state index is 12.1. The second-order valence-corrected chi connectivity index (χ2v) is 6.59. The molecule has 1 aromatic rings. The summed E-state index contributed by atoms with van der Waals surface area (Å²) in [5.41, 5.74) is 1.95. The largest absolute Gasteiger partial charge is 0.393 e. The summed E-state index contributed by atoms with van der Waals surface area (Å²) in [4.78, 5) is 14.5. The Kier molecular flexibility index (Phi) is 6.71. The topological polar surface area (TPSA) is 64.6 Å². The Balaban J connectivity index is 1.90. The first-order valence-corrected chi connectivity index (χ1v) is 8.63. The molecule has 2 rings (SSSR count). The average Bonchev–Trinajstić information content (AvgIpc) is 2.54. The van der Waals surface area contributed by atoms with Crippen molar-refractivity contribution in [2.45, 2.75) is 45.6 Å². The maximum Gasteiger partial charge on any atom is 0.319 e. The standard InChI is InChI=1S/C18H29N3O2/c1-14(12-15(2)22)13-19-18(23)20-16-8-4-5-9-17(16)21-10-6-3-7-11-21/h4-5,8-9,14-15,22H,3,6-7,10-13H2,1-2H3,(H2,19,20,23). The van der Waals surface area contributed by atoms with Crippen LogP contribution in [0.2, 0.25) is 0 Å². The van der Waals surface area contributed by atoms with Gasteiger partial charge in [-0.1, -0.05) is 19.1 Å². The molecule has 0 spiro atoms. The zero-order valence-electron chi connectivity index (χ0n) is 14.2. The van der Waals surface area contributed by atoms with Gasteiger partial charge in [0.05, 0.1) is 17.5 Å². The number of nitrogens with one attached hydrogen (secondary N) is 2. The van der Waals surface area contributed by atoms with Gasteiger partial charge in [0.25, 0.3) is 0 Å². The van der Waals surface area contributed by atoms with E-state index < -0.39 is 0 Å². The minimum Gasteiger partial charge on any atom is -0.393 e. The minimum absolute atomic E-state index is 0.188. The lowest BCUT2D eigenvalue weighted by Crippen LogP contribution is -2.34. The molecule has 3 N–H and O–H groups in total. The van der Waals surface area contributed by atoms with Crippen LogP contribution in [0, 0.1) is 5.92 Å². The molecular formula is C18H29N3O2. The molecular weight excluding hydrogens is 290 g/mol. The van der Waals surface area contributed by atoms with Gasteiger partial charge in [-0.25, -0.2) is 4.79 Å². The van der Waals surface area contributed by atoms with Crippen LogP contribution in [0.3, 0.4) is 0 Å². The van der Waals surface area contributed by atoms with Crippen LogP contribution in [0.25, 0.3) is 0 Å². The highest BCUT2D eigenvalue weighted by Gasteiger charge is 2.15. The van der Waals surface area contributed by atoms with E-state index in [1.807, 2.05) is 25.1 Å². The van der Waals surface area contributed by atoms with Gasteiger partial charge in [0, 0.05) is 19.6 Å². The summed E-state index contributed by atoms with van der Waals surface area (Å²) in [6.45, 7) is 6.44. The third kappa shape index (κ3) is 5.75. The number of amides is 2. The third-order valence-electron chi connectivity index (χ3n) is 4.20. The van der Waals surface area contributed by atoms with Crippen LogP contribution in [0.15, 0.2) is 24.3 Å². The molecule has 1 aliphatic rings. The zero-order valence-corrected chi connectivity index (χ0v) is 14.2. The number of rotatable bonds is 6. The van der Waals surface area contributed by atoms with E-state index in [9.17, 15) is 9.90 Å². The van der Waals surface area contributed by atoms with E-state index in [-0.39, 0.29) is 18.1 Å². The molecule has 0 bridgehead atoms. The molecule has 0 aliphatic carbocycles. The fourth-order valence-corrected chi connectivity index (χ4v) is 3.09. The molecule has 1 heterocycles. The normalized spacial score (nSPS) is 17.4. The van der Waals surface area contributed by atoms with Gasteiger partial charge in [0.2, 0.25) is 0 Å². The van der Waals surface area contributed by atoms with Crippen molar-refractivity contribution in [2.24, 2.45) is 5.92 Å². The number of urea groups is 1. The molecule has 128 valence electrons. The highest BCUT2D eigenvalue weighted by Crippen LogP contribution is 2.28. The van der Waals surface area contributed by atoms with E-state index in [0.717, 1.165) is 24.5 Å². The van der Waals surface area contributed by atoms with Crippen molar-refractivity contribution in [3.63, 3.8) is 0 Å². The Hall–Kier alpha value is -1.75. The number of nitrogens with zero attached hydrogens (tertiary/aromatic N) is 1. The quantitative estimate of drug-likeness (QED) is 0.754. The minimum atomic E-state index is -0.338. The number of carbonyl (C=O) groups excluding carboxylic acids is 1. The summed E-state index contributed by atoms with van der Waals surface area (Å²) >= 11 is 0. The predicted octanol–water partition coefficient (Wildman–Crippen LogP) is 3.21. The van der Waals surface area contributed by atoms with Crippen LogP contribution in [-0.4, -0.2) is 36.9 Å². The Morgan fingerprint density at radius 2 is 1.91 bits per heavy atom. The van der Waals surface area contributed by atoms with Crippen molar-refractivity contribution in [1.29, 1.82) is 0 Å². The first-order chi connectivity index (χ1) is 11.1. The zero-order chi connectivity index (χ0) is 16.7. The van der Waals surface area contributed by atoms with Crippen LogP contribution >= 0.6 is 0 Å². The lowest BCUT2D eigenvalue weighted by atomic mass is 10.1. The fourth-order valence-electron chi connectivity index (χ4n) is 3.09. The first-order valence-electron chi connectivity index (χ1n) is 8.63. The number of para-hydroxylation sites is 2. The molecule has 5 nitrogen and oxygen atoms in total. The number of hydrogen-bond acceptors (Lipinski definition) is 3. The van der Waals surface area contributed by atoms with Gasteiger partial charge in [-0.05, 0) is 50.7 Å². The predicted molar refractivity (Wildman–Crippen MR) is 95.0 cm³/mol. The molecule has 2 atom stereocenters. The van der Waals surface area contributed by atoms with Crippen molar-refractivity contribution < 1.29 is 9.90 Å². The Morgan fingerprint density at radius 3 is 2.61 bits per heavy atom. The molecule has 1 aliphatic heterocycles. The van der Waals surface area contributed by atoms with Gasteiger partial charge in [-0.3, -0.25) is 0 Å². The van der Waals surface area contributed by atoms with Crippen LogP contribution in [-0.2, 0) is 0 Å². The summed E-state index contributed by atoms with van der Waals surface area (Å²) in [5, 5.41) is 15.2. The summed E-state index contributed by atoms with van der Waals surface area (Å²) < 4.78 is 0. The van der Waals surface area contributed by atoms with Crippen LogP contribution in [0.4, 0.5) is 16.2 Å². The summed E-state index contributed by atoms with van der Waals surface area (Å²) in [6, 6.07) is 7.78. The number of benzene rings is 1. The van der Waals surface area contributed by atoms with Gasteiger partial charge in [-0.15, -0.1) is 0 Å². The van der Waals surface area contributed by atoms with Crippen LogP contribution in [0.5, 0.6) is 0 Å². The maximum atomic E-state index is 12.1. The summed E-state index contributed by atoms with van der Waals surface area (Å²) in [6.07, 6.45) is 4.04. The molecule has 2 unspecified atom stereocenters. The lowest BCUT2D eigenvalue weighted by molar-refractivity contribution is 0.163. The molecule has 1 aromatic carbocycles. The SMILES string of the molecule is CC(O)CC(C)CNC(=O)Nc1ccccc1N1CCCCC1. The lowest BCUT2D eigenvalue weighted by Gasteiger charge is -2.30. The molecule has 5 heteroatoms. The van der Waals surface area contributed by atoms with E-state index in [2.05, 4.69) is 21.6 Å². The highest BCUT2D eigenvalue weighted by atomic mass is 16.3. The third-order valence-corrected chi connectivity index (χ3v) is 4.20. The average molecular weight is 319 g/mol. The van der Waals surface area contributed by atoms with Crippen LogP contribution < -0.4 is 15.5 Å². The van der Waals surface area contributed by atoms with Gasteiger partial charge in [0.1, 0.15) is 0 Å². The number of piperidine rings is 1. The fraction of sp³-hybridized carbons (Fsp3) is 0.611.